The van der Waals surface area contributed by atoms with E-state index in [9.17, 15) is 14.4 Å². The Hall–Kier alpha value is -4.40. The highest BCUT2D eigenvalue weighted by atomic mass is 16.5. The lowest BCUT2D eigenvalue weighted by atomic mass is 9.98. The minimum atomic E-state index is -1.05. The highest BCUT2D eigenvalue weighted by Crippen LogP contribution is 2.44. The van der Waals surface area contributed by atoms with Gasteiger partial charge in [0.05, 0.1) is 11.9 Å². The predicted octanol–water partition coefficient (Wildman–Crippen LogP) is 3.78. The summed E-state index contributed by atoms with van der Waals surface area (Å²) in [4.78, 5) is 36.3. The number of benzene rings is 2. The van der Waals surface area contributed by atoms with Gasteiger partial charge in [-0.25, -0.2) is 4.79 Å². The summed E-state index contributed by atoms with van der Waals surface area (Å²) in [7, 11) is 0. The van der Waals surface area contributed by atoms with Crippen LogP contribution in [-0.2, 0) is 20.9 Å². The van der Waals surface area contributed by atoms with Crippen molar-refractivity contribution in [1.29, 1.82) is 0 Å². The van der Waals surface area contributed by atoms with E-state index in [4.69, 9.17) is 9.84 Å². The Kier molecular flexibility index (Phi) is 7.25. The summed E-state index contributed by atoms with van der Waals surface area (Å²) in [5, 5.41) is 18.1. The third-order valence-corrected chi connectivity index (χ3v) is 5.81. The fraction of sp³-hybridized carbons (Fsp3) is 0.231. The smallest absolute Gasteiger partial charge is 0.407 e. The van der Waals surface area contributed by atoms with Gasteiger partial charge >= 0.3 is 12.1 Å². The molecule has 180 valence electrons. The van der Waals surface area contributed by atoms with Gasteiger partial charge in [-0.15, -0.1) is 6.58 Å². The summed E-state index contributed by atoms with van der Waals surface area (Å²) < 4.78 is 6.75. The number of fused-ring (bicyclic) bond motifs is 3. The molecule has 0 spiro atoms. The van der Waals surface area contributed by atoms with Gasteiger partial charge in [-0.2, -0.15) is 5.10 Å². The first kappa shape index (κ1) is 23.7. The molecule has 0 aliphatic heterocycles. The maximum atomic E-state index is 12.8. The van der Waals surface area contributed by atoms with Gasteiger partial charge in [-0.1, -0.05) is 54.6 Å². The van der Waals surface area contributed by atoms with Crippen molar-refractivity contribution in [2.45, 2.75) is 31.3 Å². The second-order valence-corrected chi connectivity index (χ2v) is 8.20. The average molecular weight is 475 g/mol. The zero-order valence-corrected chi connectivity index (χ0v) is 19.0. The maximum absolute atomic E-state index is 12.8. The molecule has 2 amide bonds. The summed E-state index contributed by atoms with van der Waals surface area (Å²) >= 11 is 0. The van der Waals surface area contributed by atoms with E-state index in [0.29, 0.717) is 18.5 Å². The number of nitrogens with zero attached hydrogens (tertiary/aromatic N) is 2. The van der Waals surface area contributed by atoms with Gasteiger partial charge in [0, 0.05) is 12.1 Å². The molecule has 1 aromatic heterocycles. The highest BCUT2D eigenvalue weighted by Gasteiger charge is 2.29. The Balaban J connectivity index is 1.39. The monoisotopic (exact) mass is 474 g/mol. The Morgan fingerprint density at radius 2 is 1.77 bits per heavy atom. The van der Waals surface area contributed by atoms with Gasteiger partial charge in [-0.05, 0) is 35.1 Å². The molecule has 3 N–H and O–H groups in total. The fourth-order valence-corrected chi connectivity index (χ4v) is 4.22. The molecule has 3 aromatic rings. The number of hydrogen-bond donors (Lipinski definition) is 3. The third-order valence-electron chi connectivity index (χ3n) is 5.81. The molecule has 0 saturated carbocycles. The molecular formula is C26H26N4O5. The van der Waals surface area contributed by atoms with E-state index in [1.165, 1.54) is 17.1 Å². The van der Waals surface area contributed by atoms with Crippen molar-refractivity contribution in [2.24, 2.45) is 0 Å². The summed E-state index contributed by atoms with van der Waals surface area (Å²) in [6, 6.07) is 15.2. The molecule has 1 heterocycles. The molecule has 0 saturated heterocycles. The molecular weight excluding hydrogens is 448 g/mol. The Morgan fingerprint density at radius 3 is 2.40 bits per heavy atom. The number of carbonyl (C=O) groups excluding carboxylic acids is 2. The van der Waals surface area contributed by atoms with Crippen molar-refractivity contribution in [1.82, 2.24) is 15.1 Å². The van der Waals surface area contributed by atoms with Crippen LogP contribution in [-0.4, -0.2) is 45.5 Å². The van der Waals surface area contributed by atoms with Crippen LogP contribution in [0.4, 0.5) is 10.5 Å². The number of hydrogen-bond acceptors (Lipinski definition) is 5. The van der Waals surface area contributed by atoms with Crippen molar-refractivity contribution in [3.8, 4) is 11.1 Å². The first-order valence-corrected chi connectivity index (χ1v) is 11.2. The molecule has 0 radical (unpaired) electrons. The molecule has 1 aliphatic rings. The van der Waals surface area contributed by atoms with Crippen LogP contribution in [0.15, 0.2) is 73.6 Å². The van der Waals surface area contributed by atoms with Gasteiger partial charge in [0.2, 0.25) is 5.91 Å². The largest absolute Gasteiger partial charge is 0.480 e. The van der Waals surface area contributed by atoms with Gasteiger partial charge in [0.15, 0.2) is 0 Å². The summed E-state index contributed by atoms with van der Waals surface area (Å²) in [6.07, 6.45) is 4.54. The van der Waals surface area contributed by atoms with Gasteiger partial charge in [0.25, 0.3) is 0 Å². The molecule has 9 heteroatoms. The van der Waals surface area contributed by atoms with E-state index < -0.39 is 24.0 Å². The maximum Gasteiger partial charge on any atom is 0.407 e. The van der Waals surface area contributed by atoms with Crippen molar-refractivity contribution in [3.63, 3.8) is 0 Å². The van der Waals surface area contributed by atoms with Crippen molar-refractivity contribution >= 4 is 23.7 Å². The van der Waals surface area contributed by atoms with Crippen molar-refractivity contribution < 1.29 is 24.2 Å². The number of allylic oxidation sites excluding steroid dienone is 1. The van der Waals surface area contributed by atoms with E-state index in [1.54, 1.807) is 6.08 Å². The number of alkyl carbamates (subject to hydrolysis) is 1. The first-order chi connectivity index (χ1) is 17.0. The number of carboxylic acids is 1. The number of nitrogens with one attached hydrogen (secondary N) is 2. The molecule has 4 rings (SSSR count). The summed E-state index contributed by atoms with van der Waals surface area (Å²) in [6.45, 7) is 3.48. The quantitative estimate of drug-likeness (QED) is 0.385. The minimum absolute atomic E-state index is 0.0892. The first-order valence-electron chi connectivity index (χ1n) is 11.2. The number of ether oxygens (including phenoxy) is 1. The Labute approximate surface area is 202 Å². The van der Waals surface area contributed by atoms with Crippen LogP contribution in [0.25, 0.3) is 11.1 Å². The Bertz CT molecular complexity index is 1210. The molecule has 1 atom stereocenters. The second-order valence-electron chi connectivity index (χ2n) is 8.20. The molecule has 2 aromatic carbocycles. The summed E-state index contributed by atoms with van der Waals surface area (Å²) in [5.41, 5.74) is 4.78. The van der Waals surface area contributed by atoms with Gasteiger partial charge in [0.1, 0.15) is 19.2 Å². The van der Waals surface area contributed by atoms with E-state index in [-0.39, 0.29) is 19.1 Å². The topological polar surface area (TPSA) is 123 Å². The van der Waals surface area contributed by atoms with Crippen LogP contribution in [0.5, 0.6) is 0 Å². The van der Waals surface area contributed by atoms with E-state index >= 15 is 0 Å². The van der Waals surface area contributed by atoms with E-state index in [0.717, 1.165) is 22.3 Å². The molecule has 35 heavy (non-hydrogen) atoms. The molecule has 1 aliphatic carbocycles. The molecule has 0 fully saturated rings. The van der Waals surface area contributed by atoms with Crippen LogP contribution in [0.3, 0.4) is 0 Å². The van der Waals surface area contributed by atoms with Crippen LogP contribution < -0.4 is 10.6 Å². The fourth-order valence-electron chi connectivity index (χ4n) is 4.22. The van der Waals surface area contributed by atoms with Gasteiger partial charge in [-0.3, -0.25) is 14.3 Å². The third kappa shape index (κ3) is 5.57. The Morgan fingerprint density at radius 1 is 1.11 bits per heavy atom. The highest BCUT2D eigenvalue weighted by molar-refractivity contribution is 5.96. The molecule has 9 nitrogen and oxygen atoms in total. The normalized spacial score (nSPS) is 12.8. The molecule has 0 bridgehead atoms. The number of carbonyl (C=O) groups is 3. The number of anilines is 1. The van der Waals surface area contributed by atoms with E-state index in [2.05, 4.69) is 34.4 Å². The lowest BCUT2D eigenvalue weighted by Crippen LogP contribution is -2.44. The standard InChI is InChI=1S/C26H26N4O5/c1-2-3-12-23(25(33)28-17-13-27-30(14-17)15-24(31)32)29-26(34)35-16-22-20-10-6-4-8-18(20)19-9-5-7-11-21(19)22/h2,4-11,13-14,22-23H,1,3,12,15-16H2,(H,28,33)(H,29,34)(H,31,32). The lowest BCUT2D eigenvalue weighted by Gasteiger charge is -2.19. The SMILES string of the molecule is C=CCCC(NC(=O)OCC1c2ccccc2-c2ccccc21)C(=O)Nc1cnn(CC(=O)O)c1. The number of rotatable bonds is 10. The van der Waals surface area contributed by atoms with Crippen LogP contribution in [0.1, 0.15) is 29.9 Å². The number of amides is 2. The van der Waals surface area contributed by atoms with Crippen LogP contribution in [0, 0.1) is 0 Å². The second kappa shape index (κ2) is 10.7. The molecule has 1 unspecified atom stereocenters. The van der Waals surface area contributed by atoms with Crippen molar-refractivity contribution in [3.05, 3.63) is 84.7 Å². The van der Waals surface area contributed by atoms with Crippen molar-refractivity contribution in [2.75, 3.05) is 11.9 Å². The zero-order valence-electron chi connectivity index (χ0n) is 19.0. The summed E-state index contributed by atoms with van der Waals surface area (Å²) in [5.74, 6) is -1.60. The zero-order chi connectivity index (χ0) is 24.8. The van der Waals surface area contributed by atoms with Crippen LogP contribution >= 0.6 is 0 Å². The van der Waals surface area contributed by atoms with Crippen LogP contribution in [0.2, 0.25) is 0 Å². The van der Waals surface area contributed by atoms with Gasteiger partial charge < -0.3 is 20.5 Å². The van der Waals surface area contributed by atoms with E-state index in [1.807, 2.05) is 36.4 Å². The average Bonchev–Trinajstić information content (AvgIpc) is 3.41. The number of aliphatic carboxylic acids is 1. The number of aromatic nitrogens is 2. The predicted molar refractivity (Wildman–Crippen MR) is 130 cm³/mol. The number of carboxylic acid groups (broad SMARTS) is 1. The lowest BCUT2D eigenvalue weighted by molar-refractivity contribution is -0.137. The minimum Gasteiger partial charge on any atom is -0.480 e.